The molecule has 1 fully saturated rings. The van der Waals surface area contributed by atoms with Crippen LogP contribution in [0.4, 0.5) is 0 Å². The topological polar surface area (TPSA) is 37.3 Å². The Balaban J connectivity index is 2.63. The molecule has 0 aromatic rings. The van der Waals surface area contributed by atoms with Crippen molar-refractivity contribution in [2.24, 2.45) is 11.3 Å². The molecule has 0 amide bonds. The molecule has 1 rings (SSSR count). The second-order valence-electron chi connectivity index (χ2n) is 4.07. The number of hydrogen-bond donors (Lipinski definition) is 1. The highest BCUT2D eigenvalue weighted by molar-refractivity contribution is 5.74. The Bertz CT molecular complexity index is 165. The van der Waals surface area contributed by atoms with Crippen molar-refractivity contribution >= 4 is 5.97 Å². The third kappa shape index (κ3) is 1.73. The minimum Gasteiger partial charge on any atom is -0.481 e. The number of aliphatic carboxylic acids is 1. The van der Waals surface area contributed by atoms with Crippen LogP contribution in [-0.4, -0.2) is 11.1 Å². The van der Waals surface area contributed by atoms with Gasteiger partial charge in [-0.15, -0.1) is 0 Å². The molecular formula is C9H16O2. The first-order valence-electron chi connectivity index (χ1n) is 4.28. The fourth-order valence-electron chi connectivity index (χ4n) is 2.01. The molecule has 0 saturated heterocycles. The predicted octanol–water partition coefficient (Wildman–Crippen LogP) is 2.29. The van der Waals surface area contributed by atoms with Gasteiger partial charge in [-0.3, -0.25) is 4.79 Å². The van der Waals surface area contributed by atoms with E-state index >= 15 is 0 Å². The predicted molar refractivity (Wildman–Crippen MR) is 43.4 cm³/mol. The van der Waals surface area contributed by atoms with E-state index in [0.29, 0.717) is 5.92 Å². The molecule has 64 valence electrons. The summed E-state index contributed by atoms with van der Waals surface area (Å²) in [5.74, 6) is -0.0334. The van der Waals surface area contributed by atoms with Crippen LogP contribution >= 0.6 is 0 Å². The second-order valence-corrected chi connectivity index (χ2v) is 4.07. The molecule has 2 nitrogen and oxygen atoms in total. The van der Waals surface area contributed by atoms with Crippen molar-refractivity contribution in [3.8, 4) is 0 Å². The first-order valence-corrected chi connectivity index (χ1v) is 4.28. The van der Waals surface area contributed by atoms with E-state index in [2.05, 4.69) is 6.92 Å². The Kier molecular flexibility index (Phi) is 2.21. The van der Waals surface area contributed by atoms with Crippen LogP contribution in [0, 0.1) is 11.3 Å². The van der Waals surface area contributed by atoms with Gasteiger partial charge in [0.15, 0.2) is 0 Å². The summed E-state index contributed by atoms with van der Waals surface area (Å²) in [4.78, 5) is 10.8. The number of carboxylic acids is 1. The smallest absolute Gasteiger partial charge is 0.309 e. The van der Waals surface area contributed by atoms with Crippen molar-refractivity contribution < 1.29 is 9.90 Å². The second kappa shape index (κ2) is 2.84. The normalized spacial score (nSPS) is 38.5. The van der Waals surface area contributed by atoms with Crippen LogP contribution in [0.1, 0.15) is 39.5 Å². The molecule has 0 aromatic carbocycles. The fraction of sp³-hybridized carbons (Fsp3) is 0.889. The van der Waals surface area contributed by atoms with Gasteiger partial charge in [0, 0.05) is 0 Å². The van der Waals surface area contributed by atoms with Gasteiger partial charge in [0.2, 0.25) is 0 Å². The van der Waals surface area contributed by atoms with Crippen LogP contribution in [0.2, 0.25) is 0 Å². The van der Waals surface area contributed by atoms with Gasteiger partial charge in [0.1, 0.15) is 0 Å². The molecule has 0 aliphatic heterocycles. The largest absolute Gasteiger partial charge is 0.481 e. The van der Waals surface area contributed by atoms with E-state index < -0.39 is 11.4 Å². The Morgan fingerprint density at radius 3 is 2.64 bits per heavy atom. The number of carboxylic acid groups (broad SMARTS) is 1. The quantitative estimate of drug-likeness (QED) is 0.632. The molecule has 1 saturated carbocycles. The number of hydrogen-bond acceptors (Lipinski definition) is 1. The standard InChI is InChI=1S/C9H16O2/c1-7-4-3-5-9(2,6-7)8(10)11/h7H,3-6H2,1-2H3,(H,10,11)/t7-,9+/m0/s1. The fourth-order valence-corrected chi connectivity index (χ4v) is 2.01. The summed E-state index contributed by atoms with van der Waals surface area (Å²) in [6.45, 7) is 4.01. The molecule has 0 spiro atoms. The molecule has 0 bridgehead atoms. The molecule has 0 unspecified atom stereocenters. The van der Waals surface area contributed by atoms with E-state index in [1.54, 1.807) is 0 Å². The Hall–Kier alpha value is -0.530. The molecule has 0 heterocycles. The molecule has 1 aliphatic carbocycles. The Labute approximate surface area is 67.6 Å². The van der Waals surface area contributed by atoms with E-state index in [4.69, 9.17) is 5.11 Å². The number of rotatable bonds is 1. The van der Waals surface area contributed by atoms with Gasteiger partial charge in [0.25, 0.3) is 0 Å². The van der Waals surface area contributed by atoms with Crippen LogP contribution in [-0.2, 0) is 4.79 Å². The van der Waals surface area contributed by atoms with E-state index in [1.807, 2.05) is 6.92 Å². The molecular weight excluding hydrogens is 140 g/mol. The summed E-state index contributed by atoms with van der Waals surface area (Å²) in [5.41, 5.74) is -0.433. The third-order valence-corrected chi connectivity index (χ3v) is 2.74. The maximum absolute atomic E-state index is 10.8. The van der Waals surface area contributed by atoms with Gasteiger partial charge in [-0.1, -0.05) is 19.8 Å². The highest BCUT2D eigenvalue weighted by Gasteiger charge is 2.36. The Morgan fingerprint density at radius 1 is 1.64 bits per heavy atom. The van der Waals surface area contributed by atoms with Crippen molar-refractivity contribution in [1.82, 2.24) is 0 Å². The zero-order chi connectivity index (χ0) is 8.48. The van der Waals surface area contributed by atoms with Crippen molar-refractivity contribution in [2.75, 3.05) is 0 Å². The average molecular weight is 156 g/mol. The van der Waals surface area contributed by atoms with E-state index in [1.165, 1.54) is 6.42 Å². The summed E-state index contributed by atoms with van der Waals surface area (Å²) < 4.78 is 0. The minimum absolute atomic E-state index is 0.433. The maximum Gasteiger partial charge on any atom is 0.309 e. The highest BCUT2D eigenvalue weighted by atomic mass is 16.4. The van der Waals surface area contributed by atoms with Crippen LogP contribution in [0.5, 0.6) is 0 Å². The van der Waals surface area contributed by atoms with E-state index in [9.17, 15) is 4.79 Å². The molecule has 2 heteroatoms. The van der Waals surface area contributed by atoms with Gasteiger partial charge in [-0.25, -0.2) is 0 Å². The lowest BCUT2D eigenvalue weighted by Gasteiger charge is -2.32. The van der Waals surface area contributed by atoms with Gasteiger partial charge in [-0.2, -0.15) is 0 Å². The summed E-state index contributed by atoms with van der Waals surface area (Å²) in [5, 5.41) is 8.92. The highest BCUT2D eigenvalue weighted by Crippen LogP contribution is 2.38. The van der Waals surface area contributed by atoms with Gasteiger partial charge in [0.05, 0.1) is 5.41 Å². The summed E-state index contributed by atoms with van der Waals surface area (Å²) in [6.07, 6.45) is 3.97. The molecule has 0 radical (unpaired) electrons. The van der Waals surface area contributed by atoms with Crippen molar-refractivity contribution in [3.63, 3.8) is 0 Å². The molecule has 0 aromatic heterocycles. The first kappa shape index (κ1) is 8.57. The average Bonchev–Trinajstić information content (AvgIpc) is 1.86. The van der Waals surface area contributed by atoms with Gasteiger partial charge < -0.3 is 5.11 Å². The summed E-state index contributed by atoms with van der Waals surface area (Å²) in [6, 6.07) is 0. The molecule has 11 heavy (non-hydrogen) atoms. The minimum atomic E-state index is -0.621. The maximum atomic E-state index is 10.8. The number of carbonyl (C=O) groups is 1. The lowest BCUT2D eigenvalue weighted by atomic mass is 9.71. The lowest BCUT2D eigenvalue weighted by molar-refractivity contribution is -0.150. The first-order chi connectivity index (χ1) is 5.04. The zero-order valence-corrected chi connectivity index (χ0v) is 7.26. The summed E-state index contributed by atoms with van der Waals surface area (Å²) >= 11 is 0. The third-order valence-electron chi connectivity index (χ3n) is 2.74. The Morgan fingerprint density at radius 2 is 2.27 bits per heavy atom. The molecule has 1 aliphatic rings. The molecule has 2 atom stereocenters. The van der Waals surface area contributed by atoms with Gasteiger partial charge in [-0.05, 0) is 25.7 Å². The van der Waals surface area contributed by atoms with Crippen LogP contribution in [0.15, 0.2) is 0 Å². The van der Waals surface area contributed by atoms with Crippen molar-refractivity contribution in [2.45, 2.75) is 39.5 Å². The monoisotopic (exact) mass is 156 g/mol. The summed E-state index contributed by atoms with van der Waals surface area (Å²) in [7, 11) is 0. The molecule has 1 N–H and O–H groups in total. The van der Waals surface area contributed by atoms with E-state index in [-0.39, 0.29) is 0 Å². The van der Waals surface area contributed by atoms with Crippen LogP contribution < -0.4 is 0 Å². The van der Waals surface area contributed by atoms with Gasteiger partial charge >= 0.3 is 5.97 Å². The SMILES string of the molecule is C[C@H]1CCC[C@@](C)(C(=O)O)C1. The van der Waals surface area contributed by atoms with E-state index in [0.717, 1.165) is 19.3 Å². The lowest BCUT2D eigenvalue weighted by Crippen LogP contribution is -2.32. The van der Waals surface area contributed by atoms with Crippen LogP contribution in [0.25, 0.3) is 0 Å². The zero-order valence-electron chi connectivity index (χ0n) is 7.26. The van der Waals surface area contributed by atoms with Crippen LogP contribution in [0.3, 0.4) is 0 Å². The van der Waals surface area contributed by atoms with Crippen molar-refractivity contribution in [1.29, 1.82) is 0 Å². The van der Waals surface area contributed by atoms with Crippen molar-refractivity contribution in [3.05, 3.63) is 0 Å².